The first kappa shape index (κ1) is 14.7. The quantitative estimate of drug-likeness (QED) is 0.850. The topological polar surface area (TPSA) is 63.2 Å². The van der Waals surface area contributed by atoms with Crippen LogP contribution in [0.15, 0.2) is 24.3 Å². The molecule has 0 fully saturated rings. The lowest BCUT2D eigenvalue weighted by Crippen LogP contribution is -2.23. The highest BCUT2D eigenvalue weighted by Crippen LogP contribution is 2.03. The maximum Gasteiger partial charge on any atom is 0.220 e. The van der Waals surface area contributed by atoms with Gasteiger partial charge in [0.05, 0.1) is 5.75 Å². The van der Waals surface area contributed by atoms with Crippen molar-refractivity contribution in [3.8, 4) is 0 Å². The summed E-state index contributed by atoms with van der Waals surface area (Å²) < 4.78 is 21.8. The number of nitrogens with one attached hydrogen (secondary N) is 1. The smallest absolute Gasteiger partial charge is 0.220 e. The molecule has 0 heterocycles. The third-order valence-electron chi connectivity index (χ3n) is 2.53. The first-order valence-electron chi connectivity index (χ1n) is 5.87. The lowest BCUT2D eigenvalue weighted by atomic mass is 10.1. The van der Waals surface area contributed by atoms with Gasteiger partial charge < -0.3 is 5.32 Å². The Hall–Kier alpha value is -1.36. The minimum atomic E-state index is -2.97. The second kappa shape index (κ2) is 6.54. The molecule has 0 aromatic heterocycles. The van der Waals surface area contributed by atoms with Crippen LogP contribution in [-0.4, -0.2) is 26.3 Å². The minimum Gasteiger partial charge on any atom is -0.352 e. The summed E-state index contributed by atoms with van der Waals surface area (Å²) in [7, 11) is -2.97. The number of rotatable bonds is 6. The highest BCUT2D eigenvalue weighted by molar-refractivity contribution is 7.90. The zero-order valence-electron chi connectivity index (χ0n) is 10.8. The van der Waals surface area contributed by atoms with Crippen LogP contribution in [0, 0.1) is 6.92 Å². The lowest BCUT2D eigenvalue weighted by molar-refractivity contribution is -0.121. The van der Waals surface area contributed by atoms with E-state index in [1.165, 1.54) is 11.8 Å². The predicted octanol–water partition coefficient (Wildman–Crippen LogP) is 1.44. The zero-order valence-corrected chi connectivity index (χ0v) is 11.6. The molecule has 1 amide bonds. The molecule has 0 radical (unpaired) electrons. The van der Waals surface area contributed by atoms with Crippen molar-refractivity contribution in [3.63, 3.8) is 0 Å². The largest absolute Gasteiger partial charge is 0.352 e. The van der Waals surface area contributed by atoms with Crippen molar-refractivity contribution >= 4 is 15.7 Å². The molecule has 0 aliphatic heterocycles. The summed E-state index contributed by atoms with van der Waals surface area (Å²) in [6, 6.07) is 7.91. The zero-order chi connectivity index (χ0) is 13.6. The predicted molar refractivity (Wildman–Crippen MR) is 72.0 cm³/mol. The van der Waals surface area contributed by atoms with Crippen LogP contribution in [0.5, 0.6) is 0 Å². The molecule has 1 N–H and O–H groups in total. The van der Waals surface area contributed by atoms with Gasteiger partial charge in [-0.15, -0.1) is 0 Å². The van der Waals surface area contributed by atoms with Crippen LogP contribution >= 0.6 is 0 Å². The van der Waals surface area contributed by atoms with Crippen molar-refractivity contribution in [3.05, 3.63) is 35.4 Å². The van der Waals surface area contributed by atoms with E-state index in [1.54, 1.807) is 0 Å². The molecular weight excluding hydrogens is 250 g/mol. The lowest BCUT2D eigenvalue weighted by Gasteiger charge is -2.05. The Morgan fingerprint density at radius 2 is 1.83 bits per heavy atom. The SMILES string of the molecule is Cc1ccc(CNC(=O)CCCS(C)(=O)=O)cc1. The van der Waals surface area contributed by atoms with Gasteiger partial charge in [-0.3, -0.25) is 4.79 Å². The number of hydrogen-bond acceptors (Lipinski definition) is 3. The fourth-order valence-corrected chi connectivity index (χ4v) is 2.16. The standard InChI is InChI=1S/C13H19NO3S/c1-11-5-7-12(8-6-11)10-14-13(15)4-3-9-18(2,16)17/h5-8H,3-4,9-10H2,1-2H3,(H,14,15). The number of sulfone groups is 1. The molecule has 100 valence electrons. The number of aryl methyl sites for hydroxylation is 1. The normalized spacial score (nSPS) is 11.2. The number of carbonyl (C=O) groups is 1. The third-order valence-corrected chi connectivity index (χ3v) is 3.56. The molecule has 0 saturated heterocycles. The van der Waals surface area contributed by atoms with Gasteiger partial charge in [-0.1, -0.05) is 29.8 Å². The van der Waals surface area contributed by atoms with Crippen molar-refractivity contribution in [1.82, 2.24) is 5.32 Å². The molecule has 0 aliphatic rings. The van der Waals surface area contributed by atoms with E-state index in [4.69, 9.17) is 0 Å². The number of benzene rings is 1. The highest BCUT2D eigenvalue weighted by atomic mass is 32.2. The average Bonchev–Trinajstić information content (AvgIpc) is 2.26. The van der Waals surface area contributed by atoms with Crippen LogP contribution in [0.4, 0.5) is 0 Å². The summed E-state index contributed by atoms with van der Waals surface area (Å²) in [5, 5.41) is 2.77. The first-order valence-corrected chi connectivity index (χ1v) is 7.93. The summed E-state index contributed by atoms with van der Waals surface area (Å²) in [5.41, 5.74) is 2.22. The molecular formula is C13H19NO3S. The van der Waals surface area contributed by atoms with E-state index in [9.17, 15) is 13.2 Å². The van der Waals surface area contributed by atoms with Gasteiger partial charge in [0.1, 0.15) is 9.84 Å². The van der Waals surface area contributed by atoms with Gasteiger partial charge in [-0.05, 0) is 18.9 Å². The molecule has 1 rings (SSSR count). The Bertz CT molecular complexity index is 491. The van der Waals surface area contributed by atoms with E-state index in [-0.39, 0.29) is 18.1 Å². The molecule has 4 nitrogen and oxygen atoms in total. The highest BCUT2D eigenvalue weighted by Gasteiger charge is 2.05. The summed E-state index contributed by atoms with van der Waals surface area (Å²) in [5.74, 6) is -0.0514. The number of carbonyl (C=O) groups excluding carboxylic acids is 1. The Kier molecular flexibility index (Phi) is 5.34. The molecule has 0 bridgehead atoms. The van der Waals surface area contributed by atoms with Gasteiger partial charge >= 0.3 is 0 Å². The van der Waals surface area contributed by atoms with E-state index >= 15 is 0 Å². The molecule has 0 saturated carbocycles. The molecule has 18 heavy (non-hydrogen) atoms. The second-order valence-corrected chi connectivity index (χ2v) is 6.76. The van der Waals surface area contributed by atoms with Gasteiger partial charge in [0.2, 0.25) is 5.91 Å². The molecule has 0 atom stereocenters. The molecule has 1 aromatic carbocycles. The summed E-state index contributed by atoms with van der Waals surface area (Å²) in [4.78, 5) is 11.5. The van der Waals surface area contributed by atoms with Crippen LogP contribution < -0.4 is 5.32 Å². The maximum atomic E-state index is 11.5. The van der Waals surface area contributed by atoms with Gasteiger partial charge in [0, 0.05) is 19.2 Å². The van der Waals surface area contributed by atoms with Crippen molar-refractivity contribution < 1.29 is 13.2 Å². The minimum absolute atomic E-state index is 0.0605. The number of hydrogen-bond donors (Lipinski definition) is 1. The molecule has 5 heteroatoms. The Morgan fingerprint density at radius 1 is 1.22 bits per heavy atom. The van der Waals surface area contributed by atoms with Crippen LogP contribution in [0.3, 0.4) is 0 Å². The van der Waals surface area contributed by atoms with Gasteiger partial charge in [0.25, 0.3) is 0 Å². The Balaban J connectivity index is 2.27. The fraction of sp³-hybridized carbons (Fsp3) is 0.462. The second-order valence-electron chi connectivity index (χ2n) is 4.50. The van der Waals surface area contributed by atoms with E-state index in [0.29, 0.717) is 13.0 Å². The molecule has 0 spiro atoms. The van der Waals surface area contributed by atoms with Crippen LogP contribution in [0.2, 0.25) is 0 Å². The van der Waals surface area contributed by atoms with Crippen molar-refractivity contribution in [1.29, 1.82) is 0 Å². The van der Waals surface area contributed by atoms with Crippen molar-refractivity contribution in [2.45, 2.75) is 26.3 Å². The summed E-state index contributed by atoms with van der Waals surface area (Å²) in [6.07, 6.45) is 1.80. The first-order chi connectivity index (χ1) is 8.37. The summed E-state index contributed by atoms with van der Waals surface area (Å²) >= 11 is 0. The molecule has 1 aromatic rings. The molecule has 0 aliphatic carbocycles. The van der Waals surface area contributed by atoms with Gasteiger partial charge in [0.15, 0.2) is 0 Å². The third kappa shape index (κ3) is 6.39. The number of amides is 1. The molecule has 0 unspecified atom stereocenters. The van der Waals surface area contributed by atoms with Crippen molar-refractivity contribution in [2.75, 3.05) is 12.0 Å². The van der Waals surface area contributed by atoms with Crippen LogP contribution in [0.25, 0.3) is 0 Å². The van der Waals surface area contributed by atoms with E-state index in [1.807, 2.05) is 31.2 Å². The average molecular weight is 269 g/mol. The summed E-state index contributed by atoms with van der Waals surface area (Å²) in [6.45, 7) is 2.49. The van der Waals surface area contributed by atoms with Crippen LogP contribution in [-0.2, 0) is 21.2 Å². The van der Waals surface area contributed by atoms with E-state index in [0.717, 1.165) is 5.56 Å². The Morgan fingerprint density at radius 3 is 2.39 bits per heavy atom. The van der Waals surface area contributed by atoms with Gasteiger partial charge in [-0.25, -0.2) is 8.42 Å². The fourth-order valence-electron chi connectivity index (χ4n) is 1.49. The van der Waals surface area contributed by atoms with E-state index in [2.05, 4.69) is 5.32 Å². The maximum absolute atomic E-state index is 11.5. The van der Waals surface area contributed by atoms with Crippen LogP contribution in [0.1, 0.15) is 24.0 Å². The van der Waals surface area contributed by atoms with E-state index < -0.39 is 9.84 Å². The van der Waals surface area contributed by atoms with Crippen molar-refractivity contribution in [2.24, 2.45) is 0 Å². The van der Waals surface area contributed by atoms with Gasteiger partial charge in [-0.2, -0.15) is 0 Å². The monoisotopic (exact) mass is 269 g/mol. The Labute approximate surface area is 108 Å².